The van der Waals surface area contributed by atoms with Gasteiger partial charge in [-0.15, -0.1) is 0 Å². The first-order valence-electron chi connectivity index (χ1n) is 2.95. The second-order valence-corrected chi connectivity index (χ2v) is 2.16. The van der Waals surface area contributed by atoms with E-state index >= 15 is 0 Å². The Labute approximate surface area is 48.9 Å². The molecular formula is C7H8N. The van der Waals surface area contributed by atoms with Gasteiger partial charge in [0.2, 0.25) is 0 Å². The van der Waals surface area contributed by atoms with Crippen molar-refractivity contribution in [2.24, 2.45) is 0 Å². The Hall–Kier alpha value is -0.720. The van der Waals surface area contributed by atoms with Crippen LogP contribution in [-0.2, 0) is 0 Å². The summed E-state index contributed by atoms with van der Waals surface area (Å²) in [5.74, 6) is 0. The van der Waals surface area contributed by atoms with E-state index in [0.717, 1.165) is 0 Å². The average Bonchev–Trinajstić information content (AvgIpc) is 2.49. The highest BCUT2D eigenvalue weighted by Crippen LogP contribution is 2.32. The summed E-state index contributed by atoms with van der Waals surface area (Å²) < 4.78 is 2.19. The molecule has 0 aromatic carbocycles. The van der Waals surface area contributed by atoms with Crippen LogP contribution in [0.4, 0.5) is 0 Å². The topological polar surface area (TPSA) is 4.93 Å². The fraction of sp³-hybridized carbons (Fsp3) is 0.286. The Bertz CT molecular complexity index is 161. The van der Waals surface area contributed by atoms with Crippen molar-refractivity contribution in [3.05, 3.63) is 30.6 Å². The van der Waals surface area contributed by atoms with Crippen molar-refractivity contribution in [1.82, 2.24) is 4.57 Å². The molecule has 0 atom stereocenters. The molecule has 0 bridgehead atoms. The smallest absolute Gasteiger partial charge is 0.0676 e. The molecule has 1 nitrogen and oxygen atoms in total. The molecule has 8 heavy (non-hydrogen) atoms. The minimum Gasteiger partial charge on any atom is -0.346 e. The maximum absolute atomic E-state index is 2.19. The minimum atomic E-state index is 1.30. The van der Waals surface area contributed by atoms with Crippen LogP contribution in [0, 0.1) is 6.04 Å². The first kappa shape index (κ1) is 4.19. The molecule has 1 aliphatic rings. The van der Waals surface area contributed by atoms with Crippen molar-refractivity contribution in [3.8, 4) is 0 Å². The number of hydrogen-bond acceptors (Lipinski definition) is 0. The Morgan fingerprint density at radius 2 is 1.75 bits per heavy atom. The number of rotatable bonds is 1. The zero-order chi connectivity index (χ0) is 5.40. The fourth-order valence-electron chi connectivity index (χ4n) is 0.859. The summed E-state index contributed by atoms with van der Waals surface area (Å²) in [6.45, 7) is 0. The summed E-state index contributed by atoms with van der Waals surface area (Å²) in [7, 11) is 0. The van der Waals surface area contributed by atoms with E-state index in [9.17, 15) is 0 Å². The van der Waals surface area contributed by atoms with Crippen LogP contribution in [0.1, 0.15) is 12.8 Å². The van der Waals surface area contributed by atoms with Gasteiger partial charge in [-0.05, 0) is 25.0 Å². The maximum Gasteiger partial charge on any atom is 0.0676 e. The molecule has 1 radical (unpaired) electrons. The summed E-state index contributed by atoms with van der Waals surface area (Å²) in [4.78, 5) is 0. The molecule has 1 aromatic heterocycles. The van der Waals surface area contributed by atoms with Crippen LogP contribution in [0.2, 0.25) is 0 Å². The van der Waals surface area contributed by atoms with Crippen LogP contribution >= 0.6 is 0 Å². The van der Waals surface area contributed by atoms with E-state index < -0.39 is 0 Å². The van der Waals surface area contributed by atoms with Gasteiger partial charge in [-0.3, -0.25) is 0 Å². The largest absolute Gasteiger partial charge is 0.346 e. The summed E-state index contributed by atoms with van der Waals surface area (Å²) in [5.41, 5.74) is 0. The van der Waals surface area contributed by atoms with Gasteiger partial charge < -0.3 is 4.57 Å². The summed E-state index contributed by atoms with van der Waals surface area (Å²) in [5, 5.41) is 0. The van der Waals surface area contributed by atoms with Gasteiger partial charge in [-0.25, -0.2) is 0 Å². The maximum atomic E-state index is 2.19. The summed E-state index contributed by atoms with van der Waals surface area (Å²) >= 11 is 0. The first-order chi connectivity index (χ1) is 3.97. The van der Waals surface area contributed by atoms with E-state index in [0.29, 0.717) is 0 Å². The van der Waals surface area contributed by atoms with Gasteiger partial charge in [0.05, 0.1) is 6.04 Å². The molecule has 1 heterocycles. The van der Waals surface area contributed by atoms with Crippen LogP contribution in [0.5, 0.6) is 0 Å². The molecule has 1 saturated carbocycles. The number of hydrogen-bond donors (Lipinski definition) is 0. The van der Waals surface area contributed by atoms with Crippen LogP contribution in [0.3, 0.4) is 0 Å². The van der Waals surface area contributed by atoms with E-state index in [1.807, 2.05) is 0 Å². The fourth-order valence-corrected chi connectivity index (χ4v) is 0.859. The van der Waals surface area contributed by atoms with Gasteiger partial charge in [-0.1, -0.05) is 0 Å². The molecule has 0 amide bonds. The summed E-state index contributed by atoms with van der Waals surface area (Å²) in [6.07, 6.45) is 6.80. The van der Waals surface area contributed by atoms with E-state index in [4.69, 9.17) is 0 Å². The van der Waals surface area contributed by atoms with E-state index in [1.165, 1.54) is 12.8 Å². The normalized spacial score (nSPS) is 19.0. The molecule has 1 heteroatoms. The molecule has 0 unspecified atom stereocenters. The zero-order valence-electron chi connectivity index (χ0n) is 4.67. The molecule has 0 spiro atoms. The van der Waals surface area contributed by atoms with Gasteiger partial charge in [0.25, 0.3) is 0 Å². The molecule has 0 aliphatic heterocycles. The molecule has 0 N–H and O–H groups in total. The molecule has 1 aromatic rings. The Morgan fingerprint density at radius 3 is 2.25 bits per heavy atom. The van der Waals surface area contributed by atoms with Crippen molar-refractivity contribution in [1.29, 1.82) is 0 Å². The molecular weight excluding hydrogens is 98.1 g/mol. The Kier molecular flexibility index (Phi) is 0.720. The van der Waals surface area contributed by atoms with Crippen LogP contribution in [0.15, 0.2) is 24.5 Å². The lowest BCUT2D eigenvalue weighted by atomic mass is 10.7. The lowest BCUT2D eigenvalue weighted by molar-refractivity contribution is 0.941. The molecule has 1 aliphatic carbocycles. The third kappa shape index (κ3) is 0.548. The third-order valence-electron chi connectivity index (χ3n) is 1.44. The zero-order valence-corrected chi connectivity index (χ0v) is 4.67. The number of nitrogens with zero attached hydrogens (tertiary/aromatic N) is 1. The van der Waals surface area contributed by atoms with Crippen molar-refractivity contribution in [2.45, 2.75) is 12.8 Å². The molecule has 1 fully saturated rings. The predicted octanol–water partition coefficient (Wildman–Crippen LogP) is 1.66. The highest BCUT2D eigenvalue weighted by atomic mass is 15.0. The van der Waals surface area contributed by atoms with Gasteiger partial charge in [0.15, 0.2) is 0 Å². The van der Waals surface area contributed by atoms with Crippen molar-refractivity contribution in [2.75, 3.05) is 0 Å². The van der Waals surface area contributed by atoms with E-state index in [2.05, 4.69) is 29.1 Å². The Balaban J connectivity index is 2.28. The van der Waals surface area contributed by atoms with Gasteiger partial charge in [0, 0.05) is 12.4 Å². The lowest BCUT2D eigenvalue weighted by Gasteiger charge is -1.92. The molecule has 41 valence electrons. The molecule has 2 rings (SSSR count). The quantitative estimate of drug-likeness (QED) is 0.513. The summed E-state index contributed by atoms with van der Waals surface area (Å²) in [6, 6.07) is 5.67. The second-order valence-electron chi connectivity index (χ2n) is 2.16. The highest BCUT2D eigenvalue weighted by molar-refractivity contribution is 5.11. The van der Waals surface area contributed by atoms with Gasteiger partial charge >= 0.3 is 0 Å². The first-order valence-corrected chi connectivity index (χ1v) is 2.95. The van der Waals surface area contributed by atoms with E-state index in [-0.39, 0.29) is 0 Å². The second kappa shape index (κ2) is 1.38. The van der Waals surface area contributed by atoms with E-state index in [1.54, 1.807) is 6.04 Å². The van der Waals surface area contributed by atoms with Crippen LogP contribution < -0.4 is 0 Å². The minimum absolute atomic E-state index is 1.30. The van der Waals surface area contributed by atoms with Crippen LogP contribution in [0.25, 0.3) is 0 Å². The SMILES string of the molecule is c1ccn([C]2CC2)c1. The number of aromatic nitrogens is 1. The van der Waals surface area contributed by atoms with Crippen molar-refractivity contribution in [3.63, 3.8) is 0 Å². The standard InChI is InChI=1S/C7H8N/c1-2-6-8(5-1)7-3-4-7/h1-2,5-6H,3-4H2. The Morgan fingerprint density at radius 1 is 1.12 bits per heavy atom. The van der Waals surface area contributed by atoms with Crippen molar-refractivity contribution < 1.29 is 0 Å². The molecule has 0 saturated heterocycles. The predicted molar refractivity (Wildman–Crippen MR) is 32.3 cm³/mol. The third-order valence-corrected chi connectivity index (χ3v) is 1.44. The lowest BCUT2D eigenvalue weighted by Crippen LogP contribution is -1.86. The highest BCUT2D eigenvalue weighted by Gasteiger charge is 2.23. The van der Waals surface area contributed by atoms with Gasteiger partial charge in [-0.2, -0.15) is 0 Å². The van der Waals surface area contributed by atoms with Crippen molar-refractivity contribution >= 4 is 0 Å². The van der Waals surface area contributed by atoms with Gasteiger partial charge in [0.1, 0.15) is 0 Å². The average molecular weight is 106 g/mol. The monoisotopic (exact) mass is 106 g/mol. The van der Waals surface area contributed by atoms with Crippen LogP contribution in [-0.4, -0.2) is 4.57 Å².